The van der Waals surface area contributed by atoms with E-state index in [1.54, 1.807) is 0 Å². The summed E-state index contributed by atoms with van der Waals surface area (Å²) in [5, 5.41) is 0. The molecule has 1 heterocycles. The van der Waals surface area contributed by atoms with Crippen LogP contribution in [0.4, 0.5) is 8.78 Å². The minimum absolute atomic E-state index is 0.0636. The van der Waals surface area contributed by atoms with Gasteiger partial charge in [-0.3, -0.25) is 0 Å². The fourth-order valence-electron chi connectivity index (χ4n) is 0.881. The van der Waals surface area contributed by atoms with Crippen LogP contribution >= 0.6 is 11.5 Å². The van der Waals surface area contributed by atoms with Crippen molar-refractivity contribution < 1.29 is 18.1 Å². The van der Waals surface area contributed by atoms with Crippen molar-refractivity contribution in [3.8, 4) is 0 Å². The zero-order valence-electron chi connectivity index (χ0n) is 8.48. The summed E-state index contributed by atoms with van der Waals surface area (Å²) < 4.78 is 44.0. The second-order valence-corrected chi connectivity index (χ2v) is 5.24. The standard InChI is InChI=1S/C8H10F2N2O2S2/c1-14-5-7-11-8(15-12-7)16(13)4-2-3-6(9)10/h3H,2,4-5H2,1H3. The number of nitrogens with zero attached hydrogens (tertiary/aromatic N) is 2. The fourth-order valence-corrected chi connectivity index (χ4v) is 2.71. The second kappa shape index (κ2) is 6.89. The summed E-state index contributed by atoms with van der Waals surface area (Å²) in [6.45, 7) is 0.257. The minimum Gasteiger partial charge on any atom is -0.610 e. The first-order chi connectivity index (χ1) is 7.63. The Bertz CT molecular complexity index is 356. The molecule has 0 aliphatic carbocycles. The number of rotatable bonds is 6. The molecule has 0 spiro atoms. The Morgan fingerprint density at radius 2 is 2.38 bits per heavy atom. The molecule has 1 aromatic rings. The minimum atomic E-state index is -1.76. The van der Waals surface area contributed by atoms with E-state index in [9.17, 15) is 13.3 Å². The van der Waals surface area contributed by atoms with Crippen LogP contribution in [-0.2, 0) is 22.5 Å². The van der Waals surface area contributed by atoms with Crippen LogP contribution < -0.4 is 0 Å². The van der Waals surface area contributed by atoms with Crippen molar-refractivity contribution in [1.29, 1.82) is 0 Å². The number of methoxy groups -OCH3 is 1. The van der Waals surface area contributed by atoms with Crippen molar-refractivity contribution >= 4 is 22.7 Å². The number of hydrogen-bond donors (Lipinski definition) is 0. The maximum Gasteiger partial charge on any atom is 0.321 e. The molecule has 0 saturated heterocycles. The largest absolute Gasteiger partial charge is 0.610 e. The molecule has 0 radical (unpaired) electrons. The van der Waals surface area contributed by atoms with Crippen LogP contribution in [0.2, 0.25) is 0 Å². The van der Waals surface area contributed by atoms with Gasteiger partial charge >= 0.3 is 4.34 Å². The fraction of sp³-hybridized carbons (Fsp3) is 0.500. The molecule has 8 heteroatoms. The smallest absolute Gasteiger partial charge is 0.321 e. The van der Waals surface area contributed by atoms with E-state index in [0.29, 0.717) is 10.2 Å². The Kier molecular flexibility index (Phi) is 5.81. The van der Waals surface area contributed by atoms with E-state index in [-0.39, 0.29) is 18.8 Å². The monoisotopic (exact) mass is 268 g/mol. The first-order valence-electron chi connectivity index (χ1n) is 4.34. The van der Waals surface area contributed by atoms with Gasteiger partial charge in [-0.1, -0.05) is 0 Å². The third-order valence-electron chi connectivity index (χ3n) is 1.52. The van der Waals surface area contributed by atoms with E-state index in [4.69, 9.17) is 4.74 Å². The van der Waals surface area contributed by atoms with Crippen LogP contribution in [0.3, 0.4) is 0 Å². The summed E-state index contributed by atoms with van der Waals surface area (Å²) in [4.78, 5) is 3.97. The van der Waals surface area contributed by atoms with Crippen molar-refractivity contribution in [2.24, 2.45) is 0 Å². The first-order valence-corrected chi connectivity index (χ1v) is 6.43. The number of aromatic nitrogens is 2. The van der Waals surface area contributed by atoms with Gasteiger partial charge in [0.25, 0.3) is 6.08 Å². The van der Waals surface area contributed by atoms with E-state index >= 15 is 0 Å². The lowest BCUT2D eigenvalue weighted by atomic mass is 10.5. The molecule has 16 heavy (non-hydrogen) atoms. The third-order valence-corrected chi connectivity index (χ3v) is 3.94. The van der Waals surface area contributed by atoms with Crippen LogP contribution in [0.1, 0.15) is 12.2 Å². The predicted molar refractivity (Wildman–Crippen MR) is 56.8 cm³/mol. The molecular weight excluding hydrogens is 258 g/mol. The molecule has 1 unspecified atom stereocenters. The van der Waals surface area contributed by atoms with Crippen molar-refractivity contribution in [2.75, 3.05) is 12.9 Å². The first kappa shape index (κ1) is 13.5. The van der Waals surface area contributed by atoms with Gasteiger partial charge in [-0.2, -0.15) is 18.1 Å². The average Bonchev–Trinajstić information content (AvgIpc) is 2.66. The summed E-state index contributed by atoms with van der Waals surface area (Å²) in [6, 6.07) is 0. The number of allylic oxidation sites excluding steroid dienone is 1. The Balaban J connectivity index is 2.45. The molecule has 0 aliphatic heterocycles. The van der Waals surface area contributed by atoms with Crippen LogP contribution in [0.5, 0.6) is 0 Å². The molecule has 90 valence electrons. The van der Waals surface area contributed by atoms with E-state index in [2.05, 4.69) is 9.36 Å². The summed E-state index contributed by atoms with van der Waals surface area (Å²) >= 11 is -0.364. The average molecular weight is 268 g/mol. The molecule has 0 fully saturated rings. The maximum atomic E-state index is 11.7. The topological polar surface area (TPSA) is 58.1 Å². The lowest BCUT2D eigenvalue weighted by Crippen LogP contribution is -2.06. The number of ether oxygens (including phenoxy) is 1. The van der Waals surface area contributed by atoms with Crippen LogP contribution in [0.15, 0.2) is 16.5 Å². The zero-order valence-corrected chi connectivity index (χ0v) is 10.1. The summed E-state index contributed by atoms with van der Waals surface area (Å²) in [5.74, 6) is 0.585. The van der Waals surface area contributed by atoms with Crippen molar-refractivity contribution in [1.82, 2.24) is 9.36 Å². The van der Waals surface area contributed by atoms with Gasteiger partial charge in [-0.25, -0.2) is 0 Å². The Morgan fingerprint density at radius 1 is 1.62 bits per heavy atom. The molecule has 0 amide bonds. The van der Waals surface area contributed by atoms with Gasteiger partial charge in [0.2, 0.25) is 0 Å². The molecule has 1 atom stereocenters. The van der Waals surface area contributed by atoms with Crippen molar-refractivity contribution in [2.45, 2.75) is 17.4 Å². The molecule has 0 N–H and O–H groups in total. The predicted octanol–water partition coefficient (Wildman–Crippen LogP) is 1.96. The molecule has 0 bridgehead atoms. The molecule has 1 aromatic heterocycles. The van der Waals surface area contributed by atoms with Crippen LogP contribution in [0.25, 0.3) is 0 Å². The number of halogens is 2. The van der Waals surface area contributed by atoms with E-state index in [0.717, 1.165) is 17.6 Å². The normalized spacial score (nSPS) is 12.5. The SMILES string of the molecule is COCc1nsc([S+]([O-])CCC=C(F)F)n1. The summed E-state index contributed by atoms with van der Waals surface area (Å²) in [6.07, 6.45) is -0.947. The molecule has 0 aromatic carbocycles. The lowest BCUT2D eigenvalue weighted by Gasteiger charge is -2.03. The Hall–Kier alpha value is -0.570. The van der Waals surface area contributed by atoms with Gasteiger partial charge in [0.1, 0.15) is 12.4 Å². The van der Waals surface area contributed by atoms with Gasteiger partial charge in [-0.15, -0.1) is 0 Å². The van der Waals surface area contributed by atoms with Crippen molar-refractivity contribution in [3.05, 3.63) is 18.0 Å². The molecular formula is C8H10F2N2O2S2. The van der Waals surface area contributed by atoms with Gasteiger partial charge in [0.05, 0.1) is 0 Å². The molecule has 4 nitrogen and oxygen atoms in total. The number of hydrogen-bond acceptors (Lipinski definition) is 5. The van der Waals surface area contributed by atoms with Gasteiger partial charge in [0.15, 0.2) is 5.82 Å². The maximum absolute atomic E-state index is 11.7. The van der Waals surface area contributed by atoms with E-state index in [1.165, 1.54) is 7.11 Å². The van der Waals surface area contributed by atoms with E-state index < -0.39 is 17.3 Å². The highest BCUT2D eigenvalue weighted by Gasteiger charge is 2.16. The summed E-state index contributed by atoms with van der Waals surface area (Å²) in [5.41, 5.74) is 0. The summed E-state index contributed by atoms with van der Waals surface area (Å²) in [7, 11) is 1.51. The highest BCUT2D eigenvalue weighted by molar-refractivity contribution is 7.93. The van der Waals surface area contributed by atoms with Gasteiger partial charge in [-0.05, 0) is 6.08 Å². The Morgan fingerprint density at radius 3 is 3.00 bits per heavy atom. The zero-order chi connectivity index (χ0) is 12.0. The van der Waals surface area contributed by atoms with Gasteiger partial charge < -0.3 is 9.29 Å². The Labute approximate surface area is 98.7 Å². The van der Waals surface area contributed by atoms with Crippen LogP contribution in [-0.4, -0.2) is 26.8 Å². The quantitative estimate of drug-likeness (QED) is 0.740. The van der Waals surface area contributed by atoms with E-state index in [1.807, 2.05) is 0 Å². The molecule has 0 saturated carbocycles. The van der Waals surface area contributed by atoms with Crippen molar-refractivity contribution in [3.63, 3.8) is 0 Å². The highest BCUT2D eigenvalue weighted by Crippen LogP contribution is 2.15. The van der Waals surface area contributed by atoms with Crippen LogP contribution in [0, 0.1) is 0 Å². The molecule has 0 aliphatic rings. The van der Waals surface area contributed by atoms with Gasteiger partial charge in [0, 0.05) is 36.2 Å². The molecule has 1 rings (SSSR count). The third kappa shape index (κ3) is 4.52. The second-order valence-electron chi connectivity index (χ2n) is 2.74. The lowest BCUT2D eigenvalue weighted by molar-refractivity contribution is 0.178. The highest BCUT2D eigenvalue weighted by atomic mass is 32.2.